The van der Waals surface area contributed by atoms with Crippen LogP contribution in [0.2, 0.25) is 0 Å². The van der Waals surface area contributed by atoms with Gasteiger partial charge in [-0.25, -0.2) is 0 Å². The quantitative estimate of drug-likeness (QED) is 0.773. The Kier molecular flexibility index (Phi) is 4.92. The van der Waals surface area contributed by atoms with Crippen molar-refractivity contribution in [2.45, 2.75) is 32.3 Å². The molecule has 88 valence electrons. The van der Waals surface area contributed by atoms with Crippen LogP contribution < -0.4 is 0 Å². The number of nitrogens with zero attached hydrogens (tertiary/aromatic N) is 1. The van der Waals surface area contributed by atoms with Crippen LogP contribution in [0.3, 0.4) is 0 Å². The third-order valence-corrected chi connectivity index (χ3v) is 2.59. The monoisotopic (exact) mass is 223 g/mol. The van der Waals surface area contributed by atoms with Gasteiger partial charge in [-0.15, -0.1) is 0 Å². The van der Waals surface area contributed by atoms with Gasteiger partial charge in [-0.2, -0.15) is 0 Å². The molecule has 2 unspecified atom stereocenters. The second kappa shape index (κ2) is 6.23. The summed E-state index contributed by atoms with van der Waals surface area (Å²) in [6.07, 6.45) is 4.34. The van der Waals surface area contributed by atoms with Gasteiger partial charge in [0.25, 0.3) is 0 Å². The molecule has 0 saturated carbocycles. The van der Waals surface area contributed by atoms with Crippen LogP contribution in [0, 0.1) is 5.92 Å². The maximum Gasteiger partial charge on any atom is 0.309 e. The van der Waals surface area contributed by atoms with Gasteiger partial charge in [0.2, 0.25) is 0 Å². The van der Waals surface area contributed by atoms with Crippen LogP contribution in [0.15, 0.2) is 24.5 Å². The topological polar surface area (TPSA) is 70.4 Å². The van der Waals surface area contributed by atoms with Crippen molar-refractivity contribution in [3.05, 3.63) is 30.1 Å². The van der Waals surface area contributed by atoms with Crippen LogP contribution in [0.1, 0.15) is 37.9 Å². The molecule has 0 bridgehead atoms. The molecule has 2 N–H and O–H groups in total. The Hall–Kier alpha value is -1.42. The molecular weight excluding hydrogens is 206 g/mol. The highest BCUT2D eigenvalue weighted by Gasteiger charge is 2.27. The fourth-order valence-electron chi connectivity index (χ4n) is 1.62. The summed E-state index contributed by atoms with van der Waals surface area (Å²) in [5, 5.41) is 19.0. The van der Waals surface area contributed by atoms with E-state index in [-0.39, 0.29) is 0 Å². The third-order valence-electron chi connectivity index (χ3n) is 2.59. The van der Waals surface area contributed by atoms with E-state index in [2.05, 4.69) is 4.98 Å². The molecule has 4 heteroatoms. The summed E-state index contributed by atoms with van der Waals surface area (Å²) in [6, 6.07) is 3.39. The lowest BCUT2D eigenvalue weighted by Gasteiger charge is -2.18. The van der Waals surface area contributed by atoms with Crippen molar-refractivity contribution in [2.24, 2.45) is 5.92 Å². The average molecular weight is 223 g/mol. The summed E-state index contributed by atoms with van der Waals surface area (Å²) in [4.78, 5) is 14.9. The number of aliphatic carboxylic acids is 1. The standard InChI is InChI=1S/C12H17NO3/c1-2-3-6-10(12(15)16)11(14)9-5-4-7-13-8-9/h4-5,7-8,10-11,14H,2-3,6H2,1H3,(H,15,16). The second-order valence-electron chi connectivity index (χ2n) is 3.82. The largest absolute Gasteiger partial charge is 0.481 e. The molecule has 1 rings (SSSR count). The molecule has 16 heavy (non-hydrogen) atoms. The number of aromatic nitrogens is 1. The minimum absolute atomic E-state index is 0.488. The normalized spacial score (nSPS) is 14.4. The van der Waals surface area contributed by atoms with Crippen LogP contribution in [0.25, 0.3) is 0 Å². The zero-order valence-electron chi connectivity index (χ0n) is 9.34. The molecule has 1 heterocycles. The van der Waals surface area contributed by atoms with Crippen molar-refractivity contribution in [3.63, 3.8) is 0 Å². The minimum atomic E-state index is -0.974. The Balaban J connectivity index is 2.75. The van der Waals surface area contributed by atoms with E-state index in [9.17, 15) is 9.90 Å². The lowest BCUT2D eigenvalue weighted by Crippen LogP contribution is -2.22. The molecule has 0 spiro atoms. The van der Waals surface area contributed by atoms with E-state index in [1.165, 1.54) is 6.20 Å². The van der Waals surface area contributed by atoms with Crippen molar-refractivity contribution >= 4 is 5.97 Å². The molecule has 0 aliphatic rings. The lowest BCUT2D eigenvalue weighted by molar-refractivity contribution is -0.146. The number of aliphatic hydroxyl groups is 1. The maximum atomic E-state index is 11.0. The Bertz CT molecular complexity index is 326. The Labute approximate surface area is 95.0 Å². The first-order valence-electron chi connectivity index (χ1n) is 5.47. The van der Waals surface area contributed by atoms with Crippen LogP contribution in [-0.4, -0.2) is 21.2 Å². The van der Waals surface area contributed by atoms with Crippen molar-refractivity contribution in [1.29, 1.82) is 0 Å². The van der Waals surface area contributed by atoms with Gasteiger partial charge < -0.3 is 10.2 Å². The number of hydrogen-bond acceptors (Lipinski definition) is 3. The highest BCUT2D eigenvalue weighted by Crippen LogP contribution is 2.25. The van der Waals surface area contributed by atoms with Gasteiger partial charge >= 0.3 is 5.97 Å². The number of pyridine rings is 1. The molecule has 0 fully saturated rings. The highest BCUT2D eigenvalue weighted by molar-refractivity contribution is 5.71. The van der Waals surface area contributed by atoms with Crippen LogP contribution >= 0.6 is 0 Å². The molecule has 0 aliphatic heterocycles. The molecule has 4 nitrogen and oxygen atoms in total. The number of rotatable bonds is 6. The predicted octanol–water partition coefficient (Wildman–Crippen LogP) is 2.01. The van der Waals surface area contributed by atoms with Crippen molar-refractivity contribution in [2.75, 3.05) is 0 Å². The zero-order chi connectivity index (χ0) is 12.0. The maximum absolute atomic E-state index is 11.0. The van der Waals surface area contributed by atoms with Gasteiger partial charge in [0.1, 0.15) is 0 Å². The van der Waals surface area contributed by atoms with Gasteiger partial charge in [0, 0.05) is 12.4 Å². The van der Waals surface area contributed by atoms with Crippen molar-refractivity contribution < 1.29 is 15.0 Å². The Morgan fingerprint density at radius 3 is 2.81 bits per heavy atom. The van der Waals surface area contributed by atoms with E-state index in [0.29, 0.717) is 12.0 Å². The first kappa shape index (κ1) is 12.6. The fraction of sp³-hybridized carbons (Fsp3) is 0.500. The minimum Gasteiger partial charge on any atom is -0.481 e. The number of unbranched alkanes of at least 4 members (excludes halogenated alkanes) is 1. The summed E-state index contributed by atoms with van der Waals surface area (Å²) < 4.78 is 0. The van der Waals surface area contributed by atoms with Gasteiger partial charge in [0.05, 0.1) is 12.0 Å². The molecular formula is C12H17NO3. The summed E-state index contributed by atoms with van der Waals surface area (Å²) in [5.41, 5.74) is 0.561. The van der Waals surface area contributed by atoms with Crippen molar-refractivity contribution in [1.82, 2.24) is 4.98 Å². The fourth-order valence-corrected chi connectivity index (χ4v) is 1.62. The first-order chi connectivity index (χ1) is 7.66. The predicted molar refractivity (Wildman–Crippen MR) is 59.8 cm³/mol. The van der Waals surface area contributed by atoms with E-state index < -0.39 is 18.0 Å². The number of carbonyl (C=O) groups is 1. The van der Waals surface area contributed by atoms with Crippen LogP contribution in [0.5, 0.6) is 0 Å². The van der Waals surface area contributed by atoms with Crippen LogP contribution in [-0.2, 0) is 4.79 Å². The van der Waals surface area contributed by atoms with Gasteiger partial charge in [0.15, 0.2) is 0 Å². The van der Waals surface area contributed by atoms with Crippen molar-refractivity contribution in [3.8, 4) is 0 Å². The lowest BCUT2D eigenvalue weighted by atomic mass is 9.92. The number of carboxylic acids is 1. The summed E-state index contributed by atoms with van der Waals surface area (Å²) in [5.74, 6) is -1.70. The highest BCUT2D eigenvalue weighted by atomic mass is 16.4. The smallest absolute Gasteiger partial charge is 0.309 e. The first-order valence-corrected chi connectivity index (χ1v) is 5.47. The molecule has 0 aliphatic carbocycles. The molecule has 1 aromatic rings. The Morgan fingerprint density at radius 2 is 2.31 bits per heavy atom. The zero-order valence-corrected chi connectivity index (χ0v) is 9.34. The summed E-state index contributed by atoms with van der Waals surface area (Å²) in [6.45, 7) is 2.00. The van der Waals surface area contributed by atoms with E-state index in [1.807, 2.05) is 6.92 Å². The number of aliphatic hydroxyl groups excluding tert-OH is 1. The van der Waals surface area contributed by atoms with E-state index >= 15 is 0 Å². The number of hydrogen-bond donors (Lipinski definition) is 2. The molecule has 0 amide bonds. The number of carboxylic acid groups (broad SMARTS) is 1. The molecule has 2 atom stereocenters. The third kappa shape index (κ3) is 3.31. The molecule has 0 radical (unpaired) electrons. The van der Waals surface area contributed by atoms with E-state index in [4.69, 9.17) is 5.11 Å². The molecule has 1 aromatic heterocycles. The molecule has 0 aromatic carbocycles. The van der Waals surface area contributed by atoms with Gasteiger partial charge in [-0.1, -0.05) is 25.8 Å². The van der Waals surface area contributed by atoms with Crippen LogP contribution in [0.4, 0.5) is 0 Å². The summed E-state index contributed by atoms with van der Waals surface area (Å²) >= 11 is 0. The van der Waals surface area contributed by atoms with Gasteiger partial charge in [-0.05, 0) is 18.1 Å². The van der Waals surface area contributed by atoms with E-state index in [0.717, 1.165) is 12.8 Å². The van der Waals surface area contributed by atoms with E-state index in [1.54, 1.807) is 18.3 Å². The average Bonchev–Trinajstić information content (AvgIpc) is 2.30. The summed E-state index contributed by atoms with van der Waals surface area (Å²) in [7, 11) is 0. The Morgan fingerprint density at radius 1 is 1.56 bits per heavy atom. The van der Waals surface area contributed by atoms with Gasteiger partial charge in [-0.3, -0.25) is 9.78 Å². The second-order valence-corrected chi connectivity index (χ2v) is 3.82. The SMILES string of the molecule is CCCCC(C(=O)O)C(O)c1cccnc1. The molecule has 0 saturated heterocycles.